The van der Waals surface area contributed by atoms with Gasteiger partial charge >= 0.3 is 0 Å². The number of halogens is 1. The summed E-state index contributed by atoms with van der Waals surface area (Å²) in [7, 11) is 0. The van der Waals surface area contributed by atoms with Gasteiger partial charge in [-0.1, -0.05) is 26.0 Å². The lowest BCUT2D eigenvalue weighted by Gasteiger charge is -2.31. The second kappa shape index (κ2) is 4.54. The molecule has 16 heavy (non-hydrogen) atoms. The fourth-order valence-electron chi connectivity index (χ4n) is 1.50. The van der Waals surface area contributed by atoms with Gasteiger partial charge in [-0.05, 0) is 38.5 Å². The Morgan fingerprint density at radius 1 is 1.12 bits per heavy atom. The molecule has 0 aliphatic rings. The first-order chi connectivity index (χ1) is 7.21. The van der Waals surface area contributed by atoms with Gasteiger partial charge in [0.25, 0.3) is 0 Å². The highest BCUT2D eigenvalue weighted by atomic mass is 19.1. The lowest BCUT2D eigenvalue weighted by Crippen LogP contribution is -2.43. The first kappa shape index (κ1) is 13.2. The molecule has 1 aromatic carbocycles. The molecule has 1 nitrogen and oxygen atoms in total. The fourth-order valence-corrected chi connectivity index (χ4v) is 1.50. The molecule has 0 aliphatic heterocycles. The van der Waals surface area contributed by atoms with Crippen LogP contribution in [0.1, 0.15) is 40.2 Å². The highest BCUT2D eigenvalue weighted by molar-refractivity contribution is 5.25. The van der Waals surface area contributed by atoms with E-state index < -0.39 is 0 Å². The second-order valence-corrected chi connectivity index (χ2v) is 6.00. The number of hydrogen-bond acceptors (Lipinski definition) is 1. The summed E-state index contributed by atoms with van der Waals surface area (Å²) in [6, 6.07) is 6.85. The molecule has 0 bridgehead atoms. The van der Waals surface area contributed by atoms with E-state index in [1.807, 2.05) is 6.07 Å². The molecule has 0 amide bonds. The van der Waals surface area contributed by atoms with Crippen LogP contribution in [0.15, 0.2) is 24.3 Å². The zero-order valence-corrected chi connectivity index (χ0v) is 10.9. The minimum Gasteiger partial charge on any atom is -0.311 e. The first-order valence-electron chi connectivity index (χ1n) is 5.72. The van der Waals surface area contributed by atoms with Crippen molar-refractivity contribution in [2.24, 2.45) is 0 Å². The van der Waals surface area contributed by atoms with Gasteiger partial charge in [0.2, 0.25) is 0 Å². The molecule has 0 aromatic heterocycles. The van der Waals surface area contributed by atoms with Gasteiger partial charge in [0.05, 0.1) is 0 Å². The predicted molar refractivity (Wildman–Crippen MR) is 67.2 cm³/mol. The Hall–Kier alpha value is -0.890. The Bertz CT molecular complexity index is 350. The van der Waals surface area contributed by atoms with Crippen LogP contribution in [-0.2, 0) is 5.41 Å². The number of benzene rings is 1. The standard InChI is InChI=1S/C14H22FN/c1-13(2,3)16-10-14(4,5)11-7-6-8-12(15)9-11/h6-9,16H,10H2,1-5H3. The van der Waals surface area contributed by atoms with Crippen LogP contribution in [0.5, 0.6) is 0 Å². The van der Waals surface area contributed by atoms with E-state index in [1.165, 1.54) is 6.07 Å². The highest BCUT2D eigenvalue weighted by Gasteiger charge is 2.23. The first-order valence-corrected chi connectivity index (χ1v) is 5.72. The van der Waals surface area contributed by atoms with Crippen LogP contribution in [-0.4, -0.2) is 12.1 Å². The number of nitrogens with one attached hydrogen (secondary N) is 1. The topological polar surface area (TPSA) is 12.0 Å². The van der Waals surface area contributed by atoms with E-state index in [0.717, 1.165) is 12.1 Å². The minimum absolute atomic E-state index is 0.0601. The summed E-state index contributed by atoms with van der Waals surface area (Å²) in [5, 5.41) is 3.46. The van der Waals surface area contributed by atoms with Crippen LogP contribution < -0.4 is 5.32 Å². The molecule has 0 heterocycles. The molecule has 0 saturated carbocycles. The summed E-state index contributed by atoms with van der Waals surface area (Å²) in [6.07, 6.45) is 0. The van der Waals surface area contributed by atoms with Crippen molar-refractivity contribution in [3.8, 4) is 0 Å². The molecular weight excluding hydrogens is 201 g/mol. The molecule has 0 aliphatic carbocycles. The summed E-state index contributed by atoms with van der Waals surface area (Å²) < 4.78 is 13.2. The molecule has 1 N–H and O–H groups in total. The molecule has 90 valence electrons. The third-order valence-corrected chi connectivity index (χ3v) is 2.67. The monoisotopic (exact) mass is 223 g/mol. The van der Waals surface area contributed by atoms with E-state index in [2.05, 4.69) is 39.9 Å². The van der Waals surface area contributed by atoms with Gasteiger partial charge in [-0.15, -0.1) is 0 Å². The molecule has 0 atom stereocenters. The van der Waals surface area contributed by atoms with Crippen molar-refractivity contribution in [3.05, 3.63) is 35.6 Å². The van der Waals surface area contributed by atoms with E-state index >= 15 is 0 Å². The Labute approximate surface area is 98.1 Å². The summed E-state index contributed by atoms with van der Waals surface area (Å²) >= 11 is 0. The van der Waals surface area contributed by atoms with Gasteiger partial charge in [-0.3, -0.25) is 0 Å². The van der Waals surface area contributed by atoms with Crippen molar-refractivity contribution in [1.29, 1.82) is 0 Å². The summed E-state index contributed by atoms with van der Waals surface area (Å²) in [5.74, 6) is -0.165. The van der Waals surface area contributed by atoms with Crippen LogP contribution in [0.4, 0.5) is 4.39 Å². The maximum atomic E-state index is 13.2. The third-order valence-electron chi connectivity index (χ3n) is 2.67. The van der Waals surface area contributed by atoms with Crippen molar-refractivity contribution >= 4 is 0 Å². The second-order valence-electron chi connectivity index (χ2n) is 6.00. The summed E-state index contributed by atoms with van der Waals surface area (Å²) in [5.41, 5.74) is 1.06. The lowest BCUT2D eigenvalue weighted by molar-refractivity contribution is 0.362. The smallest absolute Gasteiger partial charge is 0.123 e. The third kappa shape index (κ3) is 3.93. The van der Waals surface area contributed by atoms with Gasteiger partial charge in [0.1, 0.15) is 5.82 Å². The maximum Gasteiger partial charge on any atom is 0.123 e. The van der Waals surface area contributed by atoms with Gasteiger partial charge < -0.3 is 5.32 Å². The molecule has 0 unspecified atom stereocenters. The van der Waals surface area contributed by atoms with Gasteiger partial charge in [-0.2, -0.15) is 0 Å². The van der Waals surface area contributed by atoms with Gasteiger partial charge in [-0.25, -0.2) is 4.39 Å². The number of hydrogen-bond donors (Lipinski definition) is 1. The van der Waals surface area contributed by atoms with Crippen molar-refractivity contribution < 1.29 is 4.39 Å². The lowest BCUT2D eigenvalue weighted by atomic mass is 9.84. The van der Waals surface area contributed by atoms with Crippen molar-refractivity contribution in [2.45, 2.75) is 45.6 Å². The molecule has 0 spiro atoms. The molecule has 2 heteroatoms. The average molecular weight is 223 g/mol. The SMILES string of the molecule is CC(C)(C)NCC(C)(C)c1cccc(F)c1. The van der Waals surface area contributed by atoms with Crippen molar-refractivity contribution in [1.82, 2.24) is 5.32 Å². The Kier molecular flexibility index (Phi) is 3.74. The van der Waals surface area contributed by atoms with Crippen LogP contribution in [0, 0.1) is 5.82 Å². The van der Waals surface area contributed by atoms with E-state index in [0.29, 0.717) is 0 Å². The average Bonchev–Trinajstić information content (AvgIpc) is 2.14. The summed E-state index contributed by atoms with van der Waals surface area (Å²) in [4.78, 5) is 0. The maximum absolute atomic E-state index is 13.2. The predicted octanol–water partition coefficient (Wildman–Crippen LogP) is 3.49. The van der Waals surface area contributed by atoms with E-state index in [1.54, 1.807) is 12.1 Å². The molecule has 1 rings (SSSR count). The van der Waals surface area contributed by atoms with Crippen molar-refractivity contribution in [3.63, 3.8) is 0 Å². The zero-order valence-electron chi connectivity index (χ0n) is 10.9. The van der Waals surface area contributed by atoms with Gasteiger partial charge in [0.15, 0.2) is 0 Å². The fraction of sp³-hybridized carbons (Fsp3) is 0.571. The van der Waals surface area contributed by atoms with Crippen LogP contribution >= 0.6 is 0 Å². The Morgan fingerprint density at radius 3 is 2.25 bits per heavy atom. The minimum atomic E-state index is -0.165. The van der Waals surface area contributed by atoms with Gasteiger partial charge in [0, 0.05) is 17.5 Å². The Morgan fingerprint density at radius 2 is 1.75 bits per heavy atom. The molecular formula is C14H22FN. The molecule has 0 fully saturated rings. The number of rotatable bonds is 3. The van der Waals surface area contributed by atoms with E-state index in [4.69, 9.17) is 0 Å². The highest BCUT2D eigenvalue weighted by Crippen LogP contribution is 2.23. The van der Waals surface area contributed by atoms with Crippen molar-refractivity contribution in [2.75, 3.05) is 6.54 Å². The quantitative estimate of drug-likeness (QED) is 0.827. The van der Waals surface area contributed by atoms with Crippen LogP contribution in [0.3, 0.4) is 0 Å². The van der Waals surface area contributed by atoms with Crippen LogP contribution in [0.2, 0.25) is 0 Å². The summed E-state index contributed by atoms with van der Waals surface area (Å²) in [6.45, 7) is 11.5. The molecule has 0 saturated heterocycles. The Balaban J connectivity index is 2.77. The molecule has 0 radical (unpaired) electrons. The normalized spacial score (nSPS) is 12.9. The van der Waals surface area contributed by atoms with Crippen LogP contribution in [0.25, 0.3) is 0 Å². The molecule has 1 aromatic rings. The van der Waals surface area contributed by atoms with E-state index in [9.17, 15) is 4.39 Å². The zero-order chi connectivity index (χ0) is 12.4. The largest absolute Gasteiger partial charge is 0.311 e. The van der Waals surface area contributed by atoms with E-state index in [-0.39, 0.29) is 16.8 Å².